The van der Waals surface area contributed by atoms with Crippen LogP contribution in [0.25, 0.3) is 0 Å². The van der Waals surface area contributed by atoms with E-state index in [1.165, 1.54) is 25.7 Å². The number of carbonyl (C=O) groups is 1. The Morgan fingerprint density at radius 1 is 1.27 bits per heavy atom. The van der Waals surface area contributed by atoms with Crippen molar-refractivity contribution in [2.45, 2.75) is 39.2 Å². The van der Waals surface area contributed by atoms with E-state index >= 15 is 0 Å². The van der Waals surface area contributed by atoms with Crippen LogP contribution in [0.3, 0.4) is 0 Å². The number of carbonyl (C=O) groups excluding carboxylic acids is 1. The standard InChI is InChI=1S/C20H30N4O.HI/c1-3-23(15-17-8-5-4-6-9-17)18(25)14-22-19(21-2)24-13-12-20(16-24)10-7-11-20;/h4-6,8-9H,3,7,10-16H2,1-2H3,(H,21,22);1H. The summed E-state index contributed by atoms with van der Waals surface area (Å²) in [5.41, 5.74) is 1.69. The highest BCUT2D eigenvalue weighted by molar-refractivity contribution is 14.0. The van der Waals surface area contributed by atoms with E-state index in [0.29, 0.717) is 25.0 Å². The van der Waals surface area contributed by atoms with E-state index in [1.54, 1.807) is 7.05 Å². The number of amides is 1. The van der Waals surface area contributed by atoms with Crippen molar-refractivity contribution >= 4 is 35.8 Å². The molecule has 0 aromatic heterocycles. The van der Waals surface area contributed by atoms with Gasteiger partial charge in [-0.3, -0.25) is 9.79 Å². The fourth-order valence-electron chi connectivity index (χ4n) is 3.98. The number of nitrogens with one attached hydrogen (secondary N) is 1. The number of benzene rings is 1. The minimum Gasteiger partial charge on any atom is -0.347 e. The second kappa shape index (κ2) is 9.58. The van der Waals surface area contributed by atoms with Crippen LogP contribution in [0.4, 0.5) is 0 Å². The van der Waals surface area contributed by atoms with Gasteiger partial charge in [0.1, 0.15) is 0 Å². The first-order chi connectivity index (χ1) is 12.2. The maximum absolute atomic E-state index is 12.6. The van der Waals surface area contributed by atoms with Gasteiger partial charge in [-0.2, -0.15) is 0 Å². The lowest BCUT2D eigenvalue weighted by Crippen LogP contribution is -2.46. The summed E-state index contributed by atoms with van der Waals surface area (Å²) in [5, 5.41) is 3.28. The Morgan fingerprint density at radius 2 is 2.00 bits per heavy atom. The summed E-state index contributed by atoms with van der Waals surface area (Å²) >= 11 is 0. The summed E-state index contributed by atoms with van der Waals surface area (Å²) in [7, 11) is 1.81. The molecule has 5 nitrogen and oxygen atoms in total. The molecule has 1 spiro atoms. The highest BCUT2D eigenvalue weighted by Crippen LogP contribution is 2.47. The molecule has 0 bridgehead atoms. The fourth-order valence-corrected chi connectivity index (χ4v) is 3.98. The van der Waals surface area contributed by atoms with E-state index in [9.17, 15) is 4.79 Å². The molecule has 1 saturated carbocycles. The van der Waals surface area contributed by atoms with Gasteiger partial charge in [-0.15, -0.1) is 24.0 Å². The van der Waals surface area contributed by atoms with Crippen molar-refractivity contribution in [3.63, 3.8) is 0 Å². The third-order valence-corrected chi connectivity index (χ3v) is 5.71. The maximum Gasteiger partial charge on any atom is 0.242 e. The van der Waals surface area contributed by atoms with Crippen LogP contribution in [0.15, 0.2) is 35.3 Å². The Morgan fingerprint density at radius 3 is 2.54 bits per heavy atom. The topological polar surface area (TPSA) is 47.9 Å². The normalized spacial score (nSPS) is 18.2. The molecule has 1 heterocycles. The molecule has 6 heteroatoms. The van der Waals surface area contributed by atoms with Crippen LogP contribution in [0.5, 0.6) is 0 Å². The van der Waals surface area contributed by atoms with Crippen molar-refractivity contribution in [3.05, 3.63) is 35.9 Å². The predicted molar refractivity (Wildman–Crippen MR) is 117 cm³/mol. The van der Waals surface area contributed by atoms with Crippen molar-refractivity contribution in [2.75, 3.05) is 33.2 Å². The summed E-state index contributed by atoms with van der Waals surface area (Å²) < 4.78 is 0. The molecule has 0 atom stereocenters. The molecule has 3 rings (SSSR count). The lowest BCUT2D eigenvalue weighted by atomic mass is 9.68. The number of likely N-dealkylation sites (tertiary alicyclic amines) is 1. The van der Waals surface area contributed by atoms with E-state index in [-0.39, 0.29) is 29.9 Å². The number of rotatable bonds is 5. The molecule has 1 saturated heterocycles. The molecule has 1 aromatic carbocycles. The second-order valence-corrected chi connectivity index (χ2v) is 7.32. The molecular formula is C20H31IN4O. The summed E-state index contributed by atoms with van der Waals surface area (Å²) in [5.74, 6) is 0.984. The van der Waals surface area contributed by atoms with Crippen LogP contribution in [0.2, 0.25) is 0 Å². The van der Waals surface area contributed by atoms with Crippen molar-refractivity contribution in [1.82, 2.24) is 15.1 Å². The van der Waals surface area contributed by atoms with Gasteiger partial charge in [-0.05, 0) is 37.2 Å². The Kier molecular flexibility index (Phi) is 7.73. The lowest BCUT2D eigenvalue weighted by molar-refractivity contribution is -0.130. The quantitative estimate of drug-likeness (QED) is 0.409. The van der Waals surface area contributed by atoms with Gasteiger partial charge in [-0.25, -0.2) is 0 Å². The fraction of sp³-hybridized carbons (Fsp3) is 0.600. The highest BCUT2D eigenvalue weighted by atomic mass is 127. The third-order valence-electron chi connectivity index (χ3n) is 5.71. The first kappa shape index (κ1) is 21.0. The zero-order valence-corrected chi connectivity index (χ0v) is 18.2. The van der Waals surface area contributed by atoms with E-state index < -0.39 is 0 Å². The van der Waals surface area contributed by atoms with E-state index in [1.807, 2.05) is 30.0 Å². The van der Waals surface area contributed by atoms with Crippen molar-refractivity contribution < 1.29 is 4.79 Å². The predicted octanol–water partition coefficient (Wildman–Crippen LogP) is 3.10. The molecule has 2 aliphatic rings. The minimum absolute atomic E-state index is 0. The first-order valence-electron chi connectivity index (χ1n) is 9.43. The monoisotopic (exact) mass is 470 g/mol. The number of hydrogen-bond acceptors (Lipinski definition) is 2. The molecule has 1 N–H and O–H groups in total. The van der Waals surface area contributed by atoms with E-state index in [0.717, 1.165) is 24.6 Å². The van der Waals surface area contributed by atoms with Crippen LogP contribution in [-0.2, 0) is 11.3 Å². The van der Waals surface area contributed by atoms with Gasteiger partial charge in [0.05, 0.1) is 6.54 Å². The maximum atomic E-state index is 12.6. The van der Waals surface area contributed by atoms with Gasteiger partial charge in [0, 0.05) is 33.2 Å². The summed E-state index contributed by atoms with van der Waals surface area (Å²) in [6.07, 6.45) is 5.32. The Labute approximate surface area is 174 Å². The molecular weight excluding hydrogens is 439 g/mol. The van der Waals surface area contributed by atoms with Crippen molar-refractivity contribution in [2.24, 2.45) is 10.4 Å². The second-order valence-electron chi connectivity index (χ2n) is 7.32. The molecule has 144 valence electrons. The molecule has 1 aliphatic heterocycles. The number of halogens is 1. The van der Waals surface area contributed by atoms with Crippen LogP contribution in [0, 0.1) is 5.41 Å². The zero-order chi connectivity index (χ0) is 17.7. The Bertz CT molecular complexity index is 615. The summed E-state index contributed by atoms with van der Waals surface area (Å²) in [6.45, 7) is 5.83. The number of hydrogen-bond donors (Lipinski definition) is 1. The molecule has 1 amide bonds. The van der Waals surface area contributed by atoms with E-state index in [4.69, 9.17) is 0 Å². The smallest absolute Gasteiger partial charge is 0.242 e. The van der Waals surface area contributed by atoms with Crippen LogP contribution < -0.4 is 5.32 Å². The number of guanidine groups is 1. The molecule has 1 aliphatic carbocycles. The van der Waals surface area contributed by atoms with Gasteiger partial charge >= 0.3 is 0 Å². The van der Waals surface area contributed by atoms with Gasteiger partial charge in [0.15, 0.2) is 5.96 Å². The van der Waals surface area contributed by atoms with Gasteiger partial charge < -0.3 is 15.1 Å². The SMILES string of the molecule is CCN(Cc1ccccc1)C(=O)CNC(=NC)N1CCC2(CCC2)C1.I. The Balaban J connectivity index is 0.00000243. The minimum atomic E-state index is 0. The molecule has 2 fully saturated rings. The molecule has 26 heavy (non-hydrogen) atoms. The largest absolute Gasteiger partial charge is 0.347 e. The zero-order valence-electron chi connectivity index (χ0n) is 15.9. The van der Waals surface area contributed by atoms with Gasteiger partial charge in [0.2, 0.25) is 5.91 Å². The average Bonchev–Trinajstić information content (AvgIpc) is 3.07. The van der Waals surface area contributed by atoms with Crippen molar-refractivity contribution in [1.29, 1.82) is 0 Å². The molecule has 0 unspecified atom stereocenters. The first-order valence-corrected chi connectivity index (χ1v) is 9.43. The van der Waals surface area contributed by atoms with Gasteiger partial charge in [-0.1, -0.05) is 36.8 Å². The van der Waals surface area contributed by atoms with Gasteiger partial charge in [0.25, 0.3) is 0 Å². The average molecular weight is 470 g/mol. The molecule has 0 radical (unpaired) electrons. The summed E-state index contributed by atoms with van der Waals surface area (Å²) in [6, 6.07) is 10.1. The van der Waals surface area contributed by atoms with E-state index in [2.05, 4.69) is 27.3 Å². The number of nitrogens with zero attached hydrogens (tertiary/aromatic N) is 3. The number of likely N-dealkylation sites (N-methyl/N-ethyl adjacent to an activating group) is 1. The van der Waals surface area contributed by atoms with Crippen LogP contribution in [0.1, 0.15) is 38.2 Å². The third kappa shape index (κ3) is 4.90. The summed E-state index contributed by atoms with van der Waals surface area (Å²) in [4.78, 5) is 21.2. The lowest BCUT2D eigenvalue weighted by Gasteiger charge is -2.38. The van der Waals surface area contributed by atoms with Crippen molar-refractivity contribution in [3.8, 4) is 0 Å². The Hall–Kier alpha value is -1.31. The highest BCUT2D eigenvalue weighted by Gasteiger charge is 2.43. The number of aliphatic imine (C=N–C) groups is 1. The van der Waals surface area contributed by atoms with Crippen LogP contribution in [-0.4, -0.2) is 54.9 Å². The molecule has 1 aromatic rings. The van der Waals surface area contributed by atoms with Crippen LogP contribution >= 0.6 is 24.0 Å².